The molecule has 0 radical (unpaired) electrons. The molecule has 0 N–H and O–H groups in total. The Labute approximate surface area is 132 Å². The van der Waals surface area contributed by atoms with E-state index in [0.717, 1.165) is 25.9 Å². The van der Waals surface area contributed by atoms with Crippen LogP contribution in [-0.4, -0.2) is 50.3 Å². The summed E-state index contributed by atoms with van der Waals surface area (Å²) in [6.45, 7) is 4.32. The number of benzene rings is 1. The van der Waals surface area contributed by atoms with Crippen LogP contribution in [0.5, 0.6) is 0 Å². The Morgan fingerprint density at radius 1 is 1.29 bits per heavy atom. The topological polar surface area (TPSA) is 40.6 Å². The highest BCUT2D eigenvalue weighted by Gasteiger charge is 2.33. The van der Waals surface area contributed by atoms with E-state index in [9.17, 15) is 8.42 Å². The molecule has 0 aliphatic carbocycles. The van der Waals surface area contributed by atoms with Crippen molar-refractivity contribution in [1.29, 1.82) is 0 Å². The molecule has 1 heterocycles. The minimum Gasteiger partial charge on any atom is -0.305 e. The fourth-order valence-electron chi connectivity index (χ4n) is 2.86. The quantitative estimate of drug-likeness (QED) is 0.797. The summed E-state index contributed by atoms with van der Waals surface area (Å²) >= 11 is 5.91. The Morgan fingerprint density at radius 2 is 2.00 bits per heavy atom. The first-order valence-electron chi connectivity index (χ1n) is 7.35. The number of nitrogens with zero attached hydrogens (tertiary/aromatic N) is 2. The Morgan fingerprint density at radius 3 is 2.67 bits per heavy atom. The third kappa shape index (κ3) is 3.59. The minimum atomic E-state index is -3.49. The molecule has 1 aliphatic heterocycles. The van der Waals surface area contributed by atoms with Gasteiger partial charge in [-0.15, -0.1) is 11.6 Å². The Bertz CT molecular complexity index is 577. The summed E-state index contributed by atoms with van der Waals surface area (Å²) in [7, 11) is -1.44. The van der Waals surface area contributed by atoms with Crippen molar-refractivity contribution in [3.8, 4) is 0 Å². The van der Waals surface area contributed by atoms with E-state index >= 15 is 0 Å². The maximum atomic E-state index is 13.0. The van der Waals surface area contributed by atoms with Gasteiger partial charge in [-0.25, -0.2) is 8.42 Å². The van der Waals surface area contributed by atoms with E-state index in [-0.39, 0.29) is 11.9 Å². The van der Waals surface area contributed by atoms with Gasteiger partial charge in [-0.05, 0) is 38.1 Å². The summed E-state index contributed by atoms with van der Waals surface area (Å²) in [5, 5.41) is 0. The number of sulfonamides is 1. The van der Waals surface area contributed by atoms with E-state index in [1.807, 2.05) is 20.0 Å². The van der Waals surface area contributed by atoms with Crippen molar-refractivity contribution in [3.63, 3.8) is 0 Å². The van der Waals surface area contributed by atoms with Gasteiger partial charge in [-0.3, -0.25) is 0 Å². The van der Waals surface area contributed by atoms with Crippen LogP contribution in [0.3, 0.4) is 0 Å². The second-order valence-corrected chi connectivity index (χ2v) is 7.66. The maximum absolute atomic E-state index is 13.0. The lowest BCUT2D eigenvalue weighted by Gasteiger charge is -2.29. The molecule has 1 aliphatic rings. The van der Waals surface area contributed by atoms with E-state index in [2.05, 4.69) is 4.90 Å². The third-order valence-corrected chi connectivity index (χ3v) is 6.36. The van der Waals surface area contributed by atoms with Crippen molar-refractivity contribution < 1.29 is 8.42 Å². The van der Waals surface area contributed by atoms with Crippen LogP contribution in [-0.2, 0) is 15.9 Å². The van der Waals surface area contributed by atoms with Crippen molar-refractivity contribution in [2.45, 2.75) is 36.6 Å². The van der Waals surface area contributed by atoms with Gasteiger partial charge < -0.3 is 4.90 Å². The standard InChI is InChI=1S/C15H23ClN2O2S/c1-3-14-12-17(2)9-6-10-18(14)21(19,20)15-8-5-4-7-13(15)11-16/h4-5,7-8,14H,3,6,9-12H2,1-2H3. The molecule has 1 fully saturated rings. The molecule has 0 saturated carbocycles. The van der Waals surface area contributed by atoms with Crippen LogP contribution in [0, 0.1) is 0 Å². The van der Waals surface area contributed by atoms with Crippen LogP contribution in [0.15, 0.2) is 29.2 Å². The van der Waals surface area contributed by atoms with Gasteiger partial charge in [-0.2, -0.15) is 4.31 Å². The van der Waals surface area contributed by atoms with Gasteiger partial charge in [0.15, 0.2) is 0 Å². The molecule has 0 aromatic heterocycles. The molecule has 4 nitrogen and oxygen atoms in total. The molecule has 0 spiro atoms. The monoisotopic (exact) mass is 330 g/mol. The molecule has 1 unspecified atom stereocenters. The van der Waals surface area contributed by atoms with E-state index in [1.54, 1.807) is 22.5 Å². The predicted octanol–water partition coefficient (Wildman–Crippen LogP) is 2.53. The van der Waals surface area contributed by atoms with Gasteiger partial charge in [0.05, 0.1) is 4.90 Å². The lowest BCUT2D eigenvalue weighted by Crippen LogP contribution is -2.43. The number of hydrogen-bond donors (Lipinski definition) is 0. The average Bonchev–Trinajstić information content (AvgIpc) is 2.68. The Balaban J connectivity index is 2.41. The maximum Gasteiger partial charge on any atom is 0.243 e. The Kier molecular flexibility index (Phi) is 5.66. The fourth-order valence-corrected chi connectivity index (χ4v) is 5.13. The van der Waals surface area contributed by atoms with E-state index < -0.39 is 10.0 Å². The van der Waals surface area contributed by atoms with Crippen molar-refractivity contribution >= 4 is 21.6 Å². The number of alkyl halides is 1. The SMILES string of the molecule is CCC1CN(C)CCCN1S(=O)(=O)c1ccccc1CCl. The molecular weight excluding hydrogens is 308 g/mol. The summed E-state index contributed by atoms with van der Waals surface area (Å²) in [6.07, 6.45) is 1.67. The second-order valence-electron chi connectivity index (χ2n) is 5.53. The van der Waals surface area contributed by atoms with Crippen LogP contribution in [0.2, 0.25) is 0 Å². The van der Waals surface area contributed by atoms with Gasteiger partial charge in [0.1, 0.15) is 0 Å². The summed E-state index contributed by atoms with van der Waals surface area (Å²) in [4.78, 5) is 2.56. The van der Waals surface area contributed by atoms with Crippen LogP contribution < -0.4 is 0 Å². The summed E-state index contributed by atoms with van der Waals surface area (Å²) < 4.78 is 27.8. The fraction of sp³-hybridized carbons (Fsp3) is 0.600. The largest absolute Gasteiger partial charge is 0.305 e. The van der Waals surface area contributed by atoms with Crippen molar-refractivity contribution in [1.82, 2.24) is 9.21 Å². The van der Waals surface area contributed by atoms with Crippen molar-refractivity contribution in [2.24, 2.45) is 0 Å². The van der Waals surface area contributed by atoms with Gasteiger partial charge >= 0.3 is 0 Å². The molecule has 1 aromatic carbocycles. The highest BCUT2D eigenvalue weighted by Crippen LogP contribution is 2.26. The normalized spacial score (nSPS) is 22.1. The molecule has 1 atom stereocenters. The van der Waals surface area contributed by atoms with Crippen molar-refractivity contribution in [3.05, 3.63) is 29.8 Å². The molecule has 0 amide bonds. The molecule has 6 heteroatoms. The number of likely N-dealkylation sites (N-methyl/N-ethyl adjacent to an activating group) is 1. The van der Waals surface area contributed by atoms with Gasteiger partial charge in [0.25, 0.3) is 0 Å². The van der Waals surface area contributed by atoms with Gasteiger partial charge in [-0.1, -0.05) is 25.1 Å². The van der Waals surface area contributed by atoms with Crippen LogP contribution in [0.25, 0.3) is 0 Å². The molecular formula is C15H23ClN2O2S. The number of halogens is 1. The number of hydrogen-bond acceptors (Lipinski definition) is 3. The summed E-state index contributed by atoms with van der Waals surface area (Å²) in [6, 6.07) is 7.04. The molecule has 0 bridgehead atoms. The van der Waals surface area contributed by atoms with E-state index in [0.29, 0.717) is 17.0 Å². The lowest BCUT2D eigenvalue weighted by atomic mass is 10.2. The zero-order valence-electron chi connectivity index (χ0n) is 12.6. The first kappa shape index (κ1) is 16.7. The van der Waals surface area contributed by atoms with Crippen LogP contribution in [0.4, 0.5) is 0 Å². The third-order valence-electron chi connectivity index (χ3n) is 4.02. The first-order valence-corrected chi connectivity index (χ1v) is 9.32. The highest BCUT2D eigenvalue weighted by molar-refractivity contribution is 7.89. The molecule has 1 aromatic rings. The lowest BCUT2D eigenvalue weighted by molar-refractivity contribution is 0.270. The summed E-state index contributed by atoms with van der Waals surface area (Å²) in [5.41, 5.74) is 0.673. The molecule has 21 heavy (non-hydrogen) atoms. The highest BCUT2D eigenvalue weighted by atomic mass is 35.5. The molecule has 1 saturated heterocycles. The van der Waals surface area contributed by atoms with Crippen molar-refractivity contribution in [2.75, 3.05) is 26.7 Å². The Hall–Kier alpha value is -0.620. The molecule has 118 valence electrons. The summed E-state index contributed by atoms with van der Waals surface area (Å²) in [5.74, 6) is 0.208. The van der Waals surface area contributed by atoms with Gasteiger partial charge in [0, 0.05) is 25.0 Å². The van der Waals surface area contributed by atoms with Gasteiger partial charge in [0.2, 0.25) is 10.0 Å². The predicted molar refractivity (Wildman–Crippen MR) is 86.1 cm³/mol. The first-order chi connectivity index (χ1) is 10.0. The van der Waals surface area contributed by atoms with Crippen LogP contribution in [0.1, 0.15) is 25.3 Å². The molecule has 2 rings (SSSR count). The number of rotatable bonds is 4. The average molecular weight is 331 g/mol. The zero-order chi connectivity index (χ0) is 15.5. The van der Waals surface area contributed by atoms with E-state index in [4.69, 9.17) is 11.6 Å². The van der Waals surface area contributed by atoms with Crippen LogP contribution >= 0.6 is 11.6 Å². The minimum absolute atomic E-state index is 0.0193. The smallest absolute Gasteiger partial charge is 0.243 e. The zero-order valence-corrected chi connectivity index (χ0v) is 14.2. The van der Waals surface area contributed by atoms with E-state index in [1.165, 1.54) is 0 Å². The second kappa shape index (κ2) is 7.09.